The molecule has 0 bridgehead atoms. The maximum atomic E-state index is 13.1. The minimum Gasteiger partial charge on any atom is -0.324 e. The van der Waals surface area contributed by atoms with E-state index in [-0.39, 0.29) is 11.0 Å². The first-order valence-corrected chi connectivity index (χ1v) is 12.1. The number of benzene rings is 1. The monoisotopic (exact) mass is 463 g/mol. The van der Waals surface area contributed by atoms with Crippen molar-refractivity contribution >= 4 is 34.0 Å². The van der Waals surface area contributed by atoms with E-state index in [1.807, 2.05) is 17.7 Å². The molecule has 0 amide bonds. The third-order valence-corrected chi connectivity index (χ3v) is 6.95. The van der Waals surface area contributed by atoms with E-state index >= 15 is 0 Å². The van der Waals surface area contributed by atoms with E-state index in [9.17, 15) is 4.79 Å². The van der Waals surface area contributed by atoms with Crippen LogP contribution in [0.1, 0.15) is 49.4 Å². The molecule has 4 heterocycles. The van der Waals surface area contributed by atoms with Crippen molar-refractivity contribution in [3.05, 3.63) is 56.4 Å². The molecule has 3 aromatic heterocycles. The molecule has 9 heteroatoms. The van der Waals surface area contributed by atoms with Crippen molar-refractivity contribution in [3.63, 3.8) is 0 Å². The van der Waals surface area contributed by atoms with Crippen LogP contribution >= 0.6 is 11.3 Å². The molecule has 0 saturated carbocycles. The fourth-order valence-corrected chi connectivity index (χ4v) is 5.55. The average Bonchev–Trinajstić information content (AvgIpc) is 3.30. The molecule has 1 aliphatic rings. The molecule has 5 rings (SSSR count). The van der Waals surface area contributed by atoms with Gasteiger partial charge in [0.15, 0.2) is 5.65 Å². The van der Waals surface area contributed by atoms with Crippen molar-refractivity contribution in [2.75, 3.05) is 11.9 Å². The summed E-state index contributed by atoms with van der Waals surface area (Å²) in [4.78, 5) is 28.4. The zero-order chi connectivity index (χ0) is 23.3. The van der Waals surface area contributed by atoms with Gasteiger partial charge in [-0.25, -0.2) is 19.3 Å². The highest BCUT2D eigenvalue weighted by molar-refractivity contribution is 7.14. The van der Waals surface area contributed by atoms with Crippen LogP contribution in [-0.2, 0) is 24.9 Å². The molecule has 8 nitrogen and oxygen atoms in total. The van der Waals surface area contributed by atoms with Crippen LogP contribution in [0.25, 0.3) is 16.2 Å². The molecular weight excluding hydrogens is 434 g/mol. The normalized spacial score (nSPS) is 14.0. The minimum atomic E-state index is -0.106. The molecule has 33 heavy (non-hydrogen) atoms. The highest BCUT2D eigenvalue weighted by atomic mass is 32.1. The van der Waals surface area contributed by atoms with Crippen molar-refractivity contribution in [1.82, 2.24) is 29.6 Å². The first kappa shape index (κ1) is 21.8. The quantitative estimate of drug-likeness (QED) is 0.475. The van der Waals surface area contributed by atoms with Crippen LogP contribution < -0.4 is 16.2 Å². The summed E-state index contributed by atoms with van der Waals surface area (Å²) in [6.45, 7) is 12.9. The number of aryl methyl sites for hydroxylation is 1. The zero-order valence-corrected chi connectivity index (χ0v) is 20.5. The van der Waals surface area contributed by atoms with Crippen LogP contribution in [0.3, 0.4) is 0 Å². The summed E-state index contributed by atoms with van der Waals surface area (Å²) in [5, 5.41) is 7.96. The summed E-state index contributed by atoms with van der Waals surface area (Å²) in [6, 6.07) is 6.34. The van der Waals surface area contributed by atoms with Crippen molar-refractivity contribution in [1.29, 1.82) is 0 Å². The number of thiazole rings is 1. The smallest absolute Gasteiger partial charge is 0.278 e. The second-order valence-electron chi connectivity index (χ2n) is 9.45. The van der Waals surface area contributed by atoms with Gasteiger partial charge in [-0.1, -0.05) is 38.2 Å². The van der Waals surface area contributed by atoms with Crippen molar-refractivity contribution in [2.24, 2.45) is 0 Å². The SMILES string of the molecule is CCn1c(=O)c2cnc(Nc3ccc4c(c3)CCNC4)nc2n1-c1nc(C(C)(C)C)c(C)s1. The Labute approximate surface area is 196 Å². The van der Waals surface area contributed by atoms with Crippen LogP contribution in [0.15, 0.2) is 29.2 Å². The third kappa shape index (κ3) is 3.85. The minimum absolute atomic E-state index is 0.0806. The molecule has 0 spiro atoms. The largest absolute Gasteiger partial charge is 0.324 e. The van der Waals surface area contributed by atoms with E-state index in [0.717, 1.165) is 40.9 Å². The summed E-state index contributed by atoms with van der Waals surface area (Å²) < 4.78 is 3.52. The zero-order valence-electron chi connectivity index (χ0n) is 19.7. The number of nitrogens with one attached hydrogen (secondary N) is 2. The maximum absolute atomic E-state index is 13.1. The van der Waals surface area contributed by atoms with Crippen LogP contribution in [0, 0.1) is 6.92 Å². The molecule has 4 aromatic rings. The Morgan fingerprint density at radius 1 is 1.21 bits per heavy atom. The Morgan fingerprint density at radius 2 is 2.03 bits per heavy atom. The van der Waals surface area contributed by atoms with E-state index in [0.29, 0.717) is 23.5 Å². The van der Waals surface area contributed by atoms with Crippen molar-refractivity contribution in [2.45, 2.75) is 59.5 Å². The lowest BCUT2D eigenvalue weighted by Gasteiger charge is -2.18. The Morgan fingerprint density at radius 3 is 2.76 bits per heavy atom. The first-order valence-electron chi connectivity index (χ1n) is 11.3. The molecular formula is C24H29N7OS. The topological polar surface area (TPSA) is 89.7 Å². The highest BCUT2D eigenvalue weighted by Gasteiger charge is 2.25. The van der Waals surface area contributed by atoms with E-state index in [4.69, 9.17) is 9.97 Å². The summed E-state index contributed by atoms with van der Waals surface area (Å²) in [6.07, 6.45) is 2.62. The lowest BCUT2D eigenvalue weighted by Crippen LogP contribution is -2.23. The van der Waals surface area contributed by atoms with E-state index in [1.54, 1.807) is 22.2 Å². The molecule has 1 aromatic carbocycles. The molecule has 0 saturated heterocycles. The predicted octanol–water partition coefficient (Wildman–Crippen LogP) is 4.05. The Balaban J connectivity index is 1.60. The van der Waals surface area contributed by atoms with Crippen molar-refractivity contribution < 1.29 is 0 Å². The van der Waals surface area contributed by atoms with Crippen molar-refractivity contribution in [3.8, 4) is 5.13 Å². The second-order valence-corrected chi connectivity index (χ2v) is 10.6. The number of hydrogen-bond donors (Lipinski definition) is 2. The van der Waals surface area contributed by atoms with Gasteiger partial charge in [0.25, 0.3) is 5.56 Å². The van der Waals surface area contributed by atoms with Crippen LogP contribution in [0.5, 0.6) is 0 Å². The molecule has 1 aliphatic heterocycles. The van der Waals surface area contributed by atoms with Gasteiger partial charge in [0, 0.05) is 35.3 Å². The van der Waals surface area contributed by atoms with E-state index in [1.165, 1.54) is 11.1 Å². The van der Waals surface area contributed by atoms with Gasteiger partial charge in [-0.3, -0.25) is 4.79 Å². The summed E-state index contributed by atoms with van der Waals surface area (Å²) >= 11 is 1.58. The lowest BCUT2D eigenvalue weighted by atomic mass is 9.92. The summed E-state index contributed by atoms with van der Waals surface area (Å²) in [7, 11) is 0. The van der Waals surface area contributed by atoms with Gasteiger partial charge < -0.3 is 10.6 Å². The molecule has 0 aliphatic carbocycles. The van der Waals surface area contributed by atoms with Crippen LogP contribution in [0.4, 0.5) is 11.6 Å². The molecule has 2 N–H and O–H groups in total. The number of anilines is 2. The fraction of sp³-hybridized carbons (Fsp3) is 0.417. The highest BCUT2D eigenvalue weighted by Crippen LogP contribution is 2.31. The number of aromatic nitrogens is 5. The van der Waals surface area contributed by atoms with Gasteiger partial charge in [-0.2, -0.15) is 4.98 Å². The second kappa shape index (κ2) is 8.07. The van der Waals surface area contributed by atoms with Gasteiger partial charge in [0.05, 0.1) is 5.69 Å². The van der Waals surface area contributed by atoms with Gasteiger partial charge in [0.1, 0.15) is 5.39 Å². The van der Waals surface area contributed by atoms with E-state index in [2.05, 4.69) is 55.4 Å². The summed E-state index contributed by atoms with van der Waals surface area (Å²) in [5.74, 6) is 0.461. The maximum Gasteiger partial charge on any atom is 0.278 e. The first-order chi connectivity index (χ1) is 15.8. The third-order valence-electron chi connectivity index (χ3n) is 6.00. The van der Waals surface area contributed by atoms with Crippen LogP contribution in [0.2, 0.25) is 0 Å². The Hall–Kier alpha value is -3.04. The number of nitrogens with zero attached hydrogens (tertiary/aromatic N) is 5. The molecule has 172 valence electrons. The van der Waals surface area contributed by atoms with Gasteiger partial charge in [-0.15, -0.1) is 0 Å². The molecule has 0 unspecified atom stereocenters. The van der Waals surface area contributed by atoms with Gasteiger partial charge >= 0.3 is 0 Å². The molecule has 0 radical (unpaired) electrons. The average molecular weight is 464 g/mol. The number of fused-ring (bicyclic) bond motifs is 2. The molecule has 0 fully saturated rings. The summed E-state index contributed by atoms with van der Waals surface area (Å²) in [5.41, 5.74) is 5.02. The van der Waals surface area contributed by atoms with Crippen LogP contribution in [-0.4, -0.2) is 30.9 Å². The molecule has 0 atom stereocenters. The lowest BCUT2D eigenvalue weighted by molar-refractivity contribution is 0.552. The number of hydrogen-bond acceptors (Lipinski definition) is 7. The van der Waals surface area contributed by atoms with E-state index < -0.39 is 0 Å². The Kier molecular flexibility index (Phi) is 5.33. The standard InChI is InChI=1S/C24H29N7OS/c1-6-30-21(32)18-13-26-22(27-17-8-7-16-12-25-10-9-15(16)11-17)29-20(18)31(30)23-28-19(14(2)33-23)24(3,4)5/h7-8,11,13,25H,6,9-10,12H2,1-5H3,(H,26,27,29). The van der Waals surface area contributed by atoms with Gasteiger partial charge in [-0.05, 0) is 50.1 Å². The predicted molar refractivity (Wildman–Crippen MR) is 133 cm³/mol. The number of rotatable bonds is 4. The Bertz CT molecular complexity index is 1410. The fourth-order valence-electron chi connectivity index (χ4n) is 4.42. The van der Waals surface area contributed by atoms with Gasteiger partial charge in [0.2, 0.25) is 11.1 Å².